The van der Waals surface area contributed by atoms with Gasteiger partial charge in [-0.3, -0.25) is 0 Å². The van der Waals surface area contributed by atoms with Gasteiger partial charge in [0.15, 0.2) is 11.5 Å². The van der Waals surface area contributed by atoms with Crippen LogP contribution in [0.1, 0.15) is 53.4 Å². The molecular formula is C28H29F3N8O. The quantitative estimate of drug-likeness (QED) is 0.341. The Labute approximate surface area is 229 Å². The van der Waals surface area contributed by atoms with Crippen molar-refractivity contribution in [3.63, 3.8) is 0 Å². The van der Waals surface area contributed by atoms with Crippen LogP contribution in [0.25, 0.3) is 22.8 Å². The van der Waals surface area contributed by atoms with Crippen molar-refractivity contribution in [2.24, 2.45) is 12.8 Å². The predicted octanol–water partition coefficient (Wildman–Crippen LogP) is 4.67. The van der Waals surface area contributed by atoms with Gasteiger partial charge >= 0.3 is 6.18 Å². The number of hydrogen-bond donors (Lipinski definition) is 2. The zero-order valence-corrected chi connectivity index (χ0v) is 22.2. The summed E-state index contributed by atoms with van der Waals surface area (Å²) in [5.41, 5.74) is 10.5. The van der Waals surface area contributed by atoms with Gasteiger partial charge in [-0.15, -0.1) is 0 Å². The Balaban J connectivity index is 1.30. The molecule has 2 aliphatic carbocycles. The van der Waals surface area contributed by atoms with E-state index in [4.69, 9.17) is 20.4 Å². The molecule has 12 heteroatoms. The number of aryl methyl sites for hydroxylation is 2. The van der Waals surface area contributed by atoms with Gasteiger partial charge in [0.1, 0.15) is 23.5 Å². The van der Waals surface area contributed by atoms with Gasteiger partial charge in [0.05, 0.1) is 12.8 Å². The van der Waals surface area contributed by atoms with Gasteiger partial charge in [-0.1, -0.05) is 24.3 Å². The van der Waals surface area contributed by atoms with E-state index in [1.165, 1.54) is 10.9 Å². The lowest BCUT2D eigenvalue weighted by atomic mass is 9.92. The third-order valence-electron chi connectivity index (χ3n) is 7.37. The van der Waals surface area contributed by atoms with Gasteiger partial charge in [0.2, 0.25) is 5.88 Å². The number of nitrogens with one attached hydrogen (secondary N) is 1. The summed E-state index contributed by atoms with van der Waals surface area (Å²) < 4.78 is 46.2. The maximum atomic E-state index is 13.1. The second-order valence-electron chi connectivity index (χ2n) is 10.4. The Morgan fingerprint density at radius 1 is 1.07 bits per heavy atom. The Hall–Kier alpha value is -4.06. The van der Waals surface area contributed by atoms with Gasteiger partial charge in [-0.05, 0) is 37.7 Å². The summed E-state index contributed by atoms with van der Waals surface area (Å²) in [6, 6.07) is 7.29. The van der Waals surface area contributed by atoms with Crippen LogP contribution in [0.3, 0.4) is 0 Å². The van der Waals surface area contributed by atoms with Crippen LogP contribution in [-0.4, -0.2) is 42.6 Å². The van der Waals surface area contributed by atoms with E-state index >= 15 is 0 Å². The topological polar surface area (TPSA) is 117 Å². The van der Waals surface area contributed by atoms with Crippen molar-refractivity contribution in [3.05, 3.63) is 65.0 Å². The van der Waals surface area contributed by atoms with Crippen LogP contribution in [0.15, 0.2) is 36.8 Å². The van der Waals surface area contributed by atoms with Crippen molar-refractivity contribution >= 4 is 5.82 Å². The minimum Gasteiger partial charge on any atom is -0.480 e. The van der Waals surface area contributed by atoms with Gasteiger partial charge < -0.3 is 20.4 Å². The normalized spacial score (nSPS) is 17.0. The predicted molar refractivity (Wildman–Crippen MR) is 143 cm³/mol. The van der Waals surface area contributed by atoms with E-state index in [1.54, 1.807) is 26.3 Å². The zero-order valence-electron chi connectivity index (χ0n) is 22.2. The zero-order chi connectivity index (χ0) is 28.0. The molecule has 1 aromatic carbocycles. The number of anilines is 1. The average Bonchev–Trinajstić information content (AvgIpc) is 3.71. The molecule has 3 aromatic heterocycles. The van der Waals surface area contributed by atoms with Crippen LogP contribution in [0.2, 0.25) is 0 Å². The van der Waals surface area contributed by atoms with Crippen molar-refractivity contribution in [3.8, 4) is 28.7 Å². The van der Waals surface area contributed by atoms with E-state index < -0.39 is 11.9 Å². The summed E-state index contributed by atoms with van der Waals surface area (Å²) in [5, 5.41) is 3.46. The lowest BCUT2D eigenvalue weighted by Crippen LogP contribution is -2.29. The molecule has 40 heavy (non-hydrogen) atoms. The minimum absolute atomic E-state index is 0.0257. The molecule has 2 aliphatic rings. The first kappa shape index (κ1) is 26.2. The molecule has 9 nitrogen and oxygen atoms in total. The second kappa shape index (κ2) is 10.2. The molecule has 208 valence electrons. The van der Waals surface area contributed by atoms with Gasteiger partial charge in [0, 0.05) is 48.6 Å². The molecule has 1 unspecified atom stereocenters. The number of ether oxygens (including phenoxy) is 1. The van der Waals surface area contributed by atoms with Crippen molar-refractivity contribution in [1.29, 1.82) is 0 Å². The summed E-state index contributed by atoms with van der Waals surface area (Å²) in [6.45, 7) is 0.449. The standard InChI is InChI=1S/C28H29F3N8O/c1-39-13-21(28(29,30)31)37-26(39)17-5-3-15(4-6-17)12-33-24-19-11-18(32)9-10-20(19)36-25(38-24)22-23(16-7-8-16)34-14-35-27(22)40-2/h3-6,13-14,16,18H,7-12,32H2,1-2H3,(H,33,36,38). The van der Waals surface area contributed by atoms with Crippen molar-refractivity contribution in [1.82, 2.24) is 29.5 Å². The van der Waals surface area contributed by atoms with E-state index in [0.29, 0.717) is 42.0 Å². The van der Waals surface area contributed by atoms with E-state index in [-0.39, 0.29) is 11.9 Å². The number of halogens is 3. The Morgan fingerprint density at radius 2 is 1.85 bits per heavy atom. The third-order valence-corrected chi connectivity index (χ3v) is 7.37. The van der Waals surface area contributed by atoms with E-state index in [2.05, 4.69) is 20.3 Å². The molecule has 3 heterocycles. The van der Waals surface area contributed by atoms with Gasteiger partial charge in [0.25, 0.3) is 0 Å². The van der Waals surface area contributed by atoms with Crippen LogP contribution in [0.4, 0.5) is 19.0 Å². The number of imidazole rings is 1. The lowest BCUT2D eigenvalue weighted by molar-refractivity contribution is -0.140. The summed E-state index contributed by atoms with van der Waals surface area (Å²) >= 11 is 0. The van der Waals surface area contributed by atoms with Crippen LogP contribution in [0, 0.1) is 0 Å². The molecule has 0 saturated heterocycles. The molecule has 1 saturated carbocycles. The number of rotatable bonds is 7. The maximum absolute atomic E-state index is 13.1. The maximum Gasteiger partial charge on any atom is 0.434 e. The van der Waals surface area contributed by atoms with Crippen LogP contribution in [0.5, 0.6) is 5.88 Å². The Bertz CT molecular complexity index is 1550. The number of nitrogens with two attached hydrogens (primary N) is 1. The highest BCUT2D eigenvalue weighted by Crippen LogP contribution is 2.45. The fourth-order valence-electron chi connectivity index (χ4n) is 5.14. The lowest BCUT2D eigenvalue weighted by Gasteiger charge is -2.24. The molecule has 4 aromatic rings. The number of aromatic nitrogens is 6. The molecular weight excluding hydrogens is 521 g/mol. The number of benzene rings is 1. The van der Waals surface area contributed by atoms with E-state index in [1.807, 2.05) is 12.1 Å². The highest BCUT2D eigenvalue weighted by atomic mass is 19.4. The first-order valence-electron chi connectivity index (χ1n) is 13.2. The highest BCUT2D eigenvalue weighted by Gasteiger charge is 2.35. The number of fused-ring (bicyclic) bond motifs is 1. The van der Waals surface area contributed by atoms with E-state index in [9.17, 15) is 13.2 Å². The SMILES string of the molecule is COc1ncnc(C2CC2)c1-c1nc2c(c(NCc3ccc(-c4nc(C(F)(F)F)cn4C)cc3)n1)CC(N)CC2. The summed E-state index contributed by atoms with van der Waals surface area (Å²) in [7, 11) is 3.13. The molecule has 0 amide bonds. The summed E-state index contributed by atoms with van der Waals surface area (Å²) in [4.78, 5) is 22.5. The van der Waals surface area contributed by atoms with Gasteiger partial charge in [-0.25, -0.2) is 24.9 Å². The number of hydrogen-bond acceptors (Lipinski definition) is 8. The molecule has 0 bridgehead atoms. The first-order chi connectivity index (χ1) is 19.2. The molecule has 3 N–H and O–H groups in total. The van der Waals surface area contributed by atoms with Gasteiger partial charge in [-0.2, -0.15) is 13.2 Å². The molecule has 1 fully saturated rings. The molecule has 1 atom stereocenters. The Kier molecular flexibility index (Phi) is 6.65. The highest BCUT2D eigenvalue weighted by molar-refractivity contribution is 5.68. The number of alkyl halides is 3. The second-order valence-corrected chi connectivity index (χ2v) is 10.4. The van der Waals surface area contributed by atoms with Crippen LogP contribution < -0.4 is 15.8 Å². The number of nitrogens with zero attached hydrogens (tertiary/aromatic N) is 6. The smallest absolute Gasteiger partial charge is 0.434 e. The van der Waals surface area contributed by atoms with Crippen LogP contribution in [-0.2, 0) is 32.6 Å². The third kappa shape index (κ3) is 5.10. The largest absolute Gasteiger partial charge is 0.480 e. The minimum atomic E-state index is -4.49. The fourth-order valence-corrected chi connectivity index (χ4v) is 5.14. The number of methoxy groups -OCH3 is 1. The average molecular weight is 551 g/mol. The summed E-state index contributed by atoms with van der Waals surface area (Å²) in [5.74, 6) is 2.28. The van der Waals surface area contributed by atoms with Crippen LogP contribution >= 0.6 is 0 Å². The monoisotopic (exact) mass is 550 g/mol. The fraction of sp³-hybridized carbons (Fsp3) is 0.393. The summed E-state index contributed by atoms with van der Waals surface area (Å²) in [6.07, 6.45) is 2.38. The van der Waals surface area contributed by atoms with Crippen molar-refractivity contribution < 1.29 is 17.9 Å². The van der Waals surface area contributed by atoms with E-state index in [0.717, 1.165) is 60.0 Å². The van der Waals surface area contributed by atoms with Crippen molar-refractivity contribution in [2.45, 2.75) is 56.8 Å². The first-order valence-corrected chi connectivity index (χ1v) is 13.2. The molecule has 0 aliphatic heterocycles. The molecule has 6 rings (SSSR count). The van der Waals surface area contributed by atoms with Crippen molar-refractivity contribution in [2.75, 3.05) is 12.4 Å². The molecule has 0 spiro atoms. The molecule has 0 radical (unpaired) electrons. The Morgan fingerprint density at radius 3 is 2.52 bits per heavy atom.